The Labute approximate surface area is 92.9 Å². The van der Waals surface area contributed by atoms with Crippen molar-refractivity contribution < 1.29 is 9.47 Å². The van der Waals surface area contributed by atoms with Crippen molar-refractivity contribution in [1.29, 1.82) is 0 Å². The molecule has 1 N–H and O–H groups in total. The van der Waals surface area contributed by atoms with Gasteiger partial charge in [-0.3, -0.25) is 0 Å². The van der Waals surface area contributed by atoms with Crippen molar-refractivity contribution in [3.05, 3.63) is 0 Å². The van der Waals surface area contributed by atoms with E-state index in [-0.39, 0.29) is 12.4 Å². The Morgan fingerprint density at radius 2 is 1.86 bits per heavy atom. The van der Waals surface area contributed by atoms with Crippen molar-refractivity contribution in [3.63, 3.8) is 0 Å². The first-order valence-corrected chi connectivity index (χ1v) is 5.21. The fourth-order valence-electron chi connectivity index (χ4n) is 1.66. The third-order valence-corrected chi connectivity index (χ3v) is 2.56. The highest BCUT2D eigenvalue weighted by Crippen LogP contribution is 2.15. The number of ether oxygens (including phenoxy) is 2. The Hall–Kier alpha value is 0.170. The number of hydrogen-bond acceptors (Lipinski definition) is 3. The lowest BCUT2D eigenvalue weighted by atomic mass is 9.95. The Morgan fingerprint density at radius 1 is 1.14 bits per heavy atom. The van der Waals surface area contributed by atoms with Crippen LogP contribution in [0.1, 0.15) is 19.3 Å². The van der Waals surface area contributed by atoms with E-state index < -0.39 is 0 Å². The molecular weight excluding hydrogens is 202 g/mol. The van der Waals surface area contributed by atoms with Gasteiger partial charge in [0, 0.05) is 13.7 Å². The monoisotopic (exact) mass is 223 g/mol. The summed E-state index contributed by atoms with van der Waals surface area (Å²) in [4.78, 5) is 0. The Balaban J connectivity index is 0.00000169. The molecule has 1 aliphatic heterocycles. The van der Waals surface area contributed by atoms with Gasteiger partial charge in [-0.05, 0) is 38.3 Å². The van der Waals surface area contributed by atoms with Crippen molar-refractivity contribution in [2.75, 3.05) is 40.0 Å². The van der Waals surface area contributed by atoms with Crippen LogP contribution in [-0.4, -0.2) is 40.0 Å². The summed E-state index contributed by atoms with van der Waals surface area (Å²) in [6.07, 6.45) is 3.84. The van der Waals surface area contributed by atoms with Crippen molar-refractivity contribution in [3.8, 4) is 0 Å². The lowest BCUT2D eigenvalue weighted by Crippen LogP contribution is -2.28. The predicted molar refractivity (Wildman–Crippen MR) is 60.2 cm³/mol. The maximum Gasteiger partial charge on any atom is 0.0700 e. The molecule has 3 nitrogen and oxygen atoms in total. The summed E-state index contributed by atoms with van der Waals surface area (Å²) < 4.78 is 10.3. The van der Waals surface area contributed by atoms with Crippen molar-refractivity contribution in [1.82, 2.24) is 5.32 Å². The molecule has 0 aliphatic carbocycles. The van der Waals surface area contributed by atoms with Gasteiger partial charge in [0.15, 0.2) is 0 Å². The Morgan fingerprint density at radius 3 is 2.50 bits per heavy atom. The van der Waals surface area contributed by atoms with Crippen LogP contribution >= 0.6 is 12.4 Å². The molecule has 86 valence electrons. The van der Waals surface area contributed by atoms with E-state index >= 15 is 0 Å². The number of rotatable bonds is 6. The summed E-state index contributed by atoms with van der Waals surface area (Å²) in [5.41, 5.74) is 0. The molecule has 0 radical (unpaired) electrons. The molecule has 0 saturated carbocycles. The number of hydrogen-bond donors (Lipinski definition) is 1. The minimum Gasteiger partial charge on any atom is -0.382 e. The highest BCUT2D eigenvalue weighted by Gasteiger charge is 2.11. The molecule has 1 saturated heterocycles. The SMILES string of the molecule is COCCOCCC1CCNCC1.Cl. The lowest BCUT2D eigenvalue weighted by molar-refractivity contribution is 0.0617. The van der Waals surface area contributed by atoms with E-state index in [4.69, 9.17) is 9.47 Å². The van der Waals surface area contributed by atoms with Crippen LogP contribution < -0.4 is 5.32 Å². The van der Waals surface area contributed by atoms with Crippen LogP contribution in [0.4, 0.5) is 0 Å². The average molecular weight is 224 g/mol. The van der Waals surface area contributed by atoms with Crippen molar-refractivity contribution >= 4 is 12.4 Å². The van der Waals surface area contributed by atoms with Gasteiger partial charge in [-0.25, -0.2) is 0 Å². The first-order chi connectivity index (χ1) is 6.43. The van der Waals surface area contributed by atoms with Gasteiger partial charge >= 0.3 is 0 Å². The smallest absolute Gasteiger partial charge is 0.0700 e. The number of piperidine rings is 1. The Bertz CT molecular complexity index is 119. The molecule has 1 rings (SSSR count). The van der Waals surface area contributed by atoms with E-state index in [9.17, 15) is 0 Å². The third kappa shape index (κ3) is 6.60. The first kappa shape index (κ1) is 14.2. The van der Waals surface area contributed by atoms with Crippen LogP contribution in [0.2, 0.25) is 0 Å². The van der Waals surface area contributed by atoms with Crippen LogP contribution in [0.15, 0.2) is 0 Å². The van der Waals surface area contributed by atoms with Crippen LogP contribution in [-0.2, 0) is 9.47 Å². The summed E-state index contributed by atoms with van der Waals surface area (Å²) in [7, 11) is 1.70. The maximum absolute atomic E-state index is 5.43. The molecule has 1 fully saturated rings. The summed E-state index contributed by atoms with van der Waals surface area (Å²) in [6.45, 7) is 4.72. The highest BCUT2D eigenvalue weighted by molar-refractivity contribution is 5.85. The summed E-state index contributed by atoms with van der Waals surface area (Å²) in [5.74, 6) is 0.879. The fraction of sp³-hybridized carbons (Fsp3) is 1.00. The van der Waals surface area contributed by atoms with E-state index in [0.717, 1.165) is 19.1 Å². The third-order valence-electron chi connectivity index (χ3n) is 2.56. The molecule has 0 unspecified atom stereocenters. The van der Waals surface area contributed by atoms with Gasteiger partial charge in [-0.15, -0.1) is 12.4 Å². The van der Waals surface area contributed by atoms with E-state index in [1.807, 2.05) is 0 Å². The second-order valence-electron chi connectivity index (χ2n) is 3.59. The van der Waals surface area contributed by atoms with Gasteiger partial charge in [-0.1, -0.05) is 0 Å². The zero-order valence-corrected chi connectivity index (χ0v) is 9.78. The van der Waals surface area contributed by atoms with Gasteiger partial charge in [0.25, 0.3) is 0 Å². The van der Waals surface area contributed by atoms with Crippen LogP contribution in [0.25, 0.3) is 0 Å². The summed E-state index contributed by atoms with van der Waals surface area (Å²) >= 11 is 0. The zero-order chi connectivity index (χ0) is 9.36. The van der Waals surface area contributed by atoms with Crippen LogP contribution in [0.3, 0.4) is 0 Å². The predicted octanol–water partition coefficient (Wildman–Crippen LogP) is 1.46. The molecule has 0 amide bonds. The van der Waals surface area contributed by atoms with Crippen LogP contribution in [0.5, 0.6) is 0 Å². The van der Waals surface area contributed by atoms with Gasteiger partial charge in [-0.2, -0.15) is 0 Å². The highest BCUT2D eigenvalue weighted by atomic mass is 35.5. The number of nitrogens with one attached hydrogen (secondary N) is 1. The molecule has 1 heterocycles. The lowest BCUT2D eigenvalue weighted by Gasteiger charge is -2.22. The minimum atomic E-state index is 0. The molecule has 0 aromatic rings. The van der Waals surface area contributed by atoms with E-state index in [1.165, 1.54) is 32.4 Å². The van der Waals surface area contributed by atoms with Gasteiger partial charge in [0.2, 0.25) is 0 Å². The second-order valence-corrected chi connectivity index (χ2v) is 3.59. The average Bonchev–Trinajstić information content (AvgIpc) is 2.19. The zero-order valence-electron chi connectivity index (χ0n) is 8.96. The van der Waals surface area contributed by atoms with Gasteiger partial charge < -0.3 is 14.8 Å². The minimum absolute atomic E-state index is 0. The molecule has 14 heavy (non-hydrogen) atoms. The number of halogens is 1. The normalized spacial score (nSPS) is 17.8. The molecule has 0 spiro atoms. The largest absolute Gasteiger partial charge is 0.382 e. The van der Waals surface area contributed by atoms with Gasteiger partial charge in [0.05, 0.1) is 13.2 Å². The molecule has 4 heteroatoms. The standard InChI is InChI=1S/C10H21NO2.ClH/c1-12-8-9-13-7-4-10-2-5-11-6-3-10;/h10-11H,2-9H2,1H3;1H. The van der Waals surface area contributed by atoms with Gasteiger partial charge in [0.1, 0.15) is 0 Å². The first-order valence-electron chi connectivity index (χ1n) is 5.21. The number of methoxy groups -OCH3 is 1. The van der Waals surface area contributed by atoms with Crippen molar-refractivity contribution in [2.24, 2.45) is 5.92 Å². The molecule has 1 aliphatic rings. The van der Waals surface area contributed by atoms with Crippen LogP contribution in [0, 0.1) is 5.92 Å². The van der Waals surface area contributed by atoms with E-state index in [0.29, 0.717) is 6.61 Å². The molecule has 0 aromatic heterocycles. The van der Waals surface area contributed by atoms with E-state index in [1.54, 1.807) is 7.11 Å². The summed E-state index contributed by atoms with van der Waals surface area (Å²) in [6, 6.07) is 0. The summed E-state index contributed by atoms with van der Waals surface area (Å²) in [5, 5.41) is 3.36. The topological polar surface area (TPSA) is 30.5 Å². The fourth-order valence-corrected chi connectivity index (χ4v) is 1.66. The molecular formula is C10H22ClNO2. The van der Waals surface area contributed by atoms with E-state index in [2.05, 4.69) is 5.32 Å². The molecule has 0 atom stereocenters. The quantitative estimate of drug-likeness (QED) is 0.692. The second kappa shape index (κ2) is 9.71. The molecule has 0 aromatic carbocycles. The van der Waals surface area contributed by atoms with Crippen molar-refractivity contribution in [2.45, 2.75) is 19.3 Å². The Kier molecular flexibility index (Phi) is 9.83. The maximum atomic E-state index is 5.43. The molecule has 0 bridgehead atoms.